The molecule has 0 aliphatic carbocycles. The van der Waals surface area contributed by atoms with E-state index in [9.17, 15) is 18.3 Å². The molecular weight excluding hydrogens is 596 g/mol. The molecule has 2 aromatic carbocycles. The lowest BCUT2D eigenvalue weighted by Gasteiger charge is -2.30. The number of fused-ring (bicyclic) bond motifs is 1. The lowest BCUT2D eigenvalue weighted by molar-refractivity contribution is 0.0980. The summed E-state index contributed by atoms with van der Waals surface area (Å²) in [4.78, 5) is 29.5. The number of nitrogens with zero attached hydrogens (tertiary/aromatic N) is 3. The highest BCUT2D eigenvalue weighted by molar-refractivity contribution is 7.86. The fourth-order valence-electron chi connectivity index (χ4n) is 4.89. The second kappa shape index (κ2) is 12.9. The summed E-state index contributed by atoms with van der Waals surface area (Å²) in [6.45, 7) is 3.37. The Kier molecular flexibility index (Phi) is 9.27. The number of piperidine rings is 1. The molecule has 5 rings (SSSR count). The Hall–Kier alpha value is -2.70. The molecule has 8 nitrogen and oxygen atoms in total. The molecule has 2 aliphatic rings. The molecule has 1 atom stereocenters. The molecule has 13 heteroatoms. The van der Waals surface area contributed by atoms with Crippen LogP contribution in [-0.2, 0) is 17.4 Å². The normalized spacial score (nSPS) is 16.4. The van der Waals surface area contributed by atoms with E-state index in [0.717, 1.165) is 48.0 Å². The molecule has 2 N–H and O–H groups in total. The Morgan fingerprint density at radius 2 is 1.85 bits per heavy atom. The van der Waals surface area contributed by atoms with E-state index in [1.807, 2.05) is 0 Å². The van der Waals surface area contributed by atoms with Gasteiger partial charge in [0.15, 0.2) is 11.0 Å². The van der Waals surface area contributed by atoms with E-state index >= 15 is 0 Å². The van der Waals surface area contributed by atoms with Gasteiger partial charge in [-0.1, -0.05) is 34.1 Å². The highest BCUT2D eigenvalue weighted by atomic mass is 35.5. The number of carbonyl (C=O) groups excluding carboxylic acids is 2. The maximum Gasteiger partial charge on any atom is 0.331 e. The summed E-state index contributed by atoms with van der Waals surface area (Å²) < 4.78 is 30.4. The first-order valence-electron chi connectivity index (χ1n) is 12.9. The van der Waals surface area contributed by atoms with E-state index in [1.165, 1.54) is 12.5 Å². The Balaban J connectivity index is 1.20. The zero-order valence-electron chi connectivity index (χ0n) is 21.5. The lowest BCUT2D eigenvalue weighted by atomic mass is 9.97. The average molecular weight is 625 g/mol. The maximum absolute atomic E-state index is 14.9. The molecule has 1 unspecified atom stereocenters. The number of benzene rings is 2. The average Bonchev–Trinajstić information content (AvgIpc) is 3.39. The minimum atomic E-state index is -1.76. The molecule has 0 bridgehead atoms. The van der Waals surface area contributed by atoms with Gasteiger partial charge in [0.2, 0.25) is 0 Å². The number of rotatable bonds is 8. The monoisotopic (exact) mass is 623 g/mol. The molecule has 0 spiro atoms. The van der Waals surface area contributed by atoms with Crippen molar-refractivity contribution >= 4 is 74.5 Å². The predicted molar refractivity (Wildman–Crippen MR) is 160 cm³/mol. The number of anilines is 3. The third-order valence-corrected chi connectivity index (χ3v) is 9.83. The van der Waals surface area contributed by atoms with E-state index in [4.69, 9.17) is 23.2 Å². The summed E-state index contributed by atoms with van der Waals surface area (Å²) in [6, 6.07) is 12.3. The second-order valence-corrected chi connectivity index (χ2v) is 13.1. The maximum atomic E-state index is 14.9. The Bertz CT molecular complexity index is 1430. The number of nitrogens with one attached hydrogen (secondary N) is 2. The van der Waals surface area contributed by atoms with Gasteiger partial charge >= 0.3 is 6.03 Å². The fraction of sp³-hybridized carbons (Fsp3) is 0.333. The number of thiophene rings is 1. The molecule has 2 aliphatic heterocycles. The summed E-state index contributed by atoms with van der Waals surface area (Å²) in [7, 11) is -1.76. The molecule has 0 radical (unpaired) electrons. The highest BCUT2D eigenvalue weighted by Gasteiger charge is 2.28. The van der Waals surface area contributed by atoms with E-state index in [0.29, 0.717) is 50.7 Å². The third kappa shape index (κ3) is 6.77. The van der Waals surface area contributed by atoms with Crippen molar-refractivity contribution in [1.29, 1.82) is 0 Å². The van der Waals surface area contributed by atoms with Gasteiger partial charge in [-0.05, 0) is 86.4 Å². The summed E-state index contributed by atoms with van der Waals surface area (Å²) >= 11 is 13.5. The van der Waals surface area contributed by atoms with Crippen molar-refractivity contribution in [3.63, 3.8) is 0 Å². The summed E-state index contributed by atoms with van der Waals surface area (Å²) in [5, 5.41) is 3.62. The molecule has 212 valence electrons. The first-order chi connectivity index (χ1) is 19.3. The smallest absolute Gasteiger partial charge is 0.307 e. The van der Waals surface area contributed by atoms with Gasteiger partial charge < -0.3 is 15.1 Å². The predicted octanol–water partition coefficient (Wildman–Crippen LogP) is 6.28. The highest BCUT2D eigenvalue weighted by Crippen LogP contribution is 2.34. The van der Waals surface area contributed by atoms with Crippen LogP contribution in [0.3, 0.4) is 0 Å². The van der Waals surface area contributed by atoms with Gasteiger partial charge in [-0.3, -0.25) is 9.52 Å². The molecule has 3 amide bonds. The third-order valence-electron chi connectivity index (χ3n) is 6.92. The minimum Gasteiger partial charge on any atom is -0.307 e. The largest absolute Gasteiger partial charge is 0.331 e. The number of amides is 3. The molecule has 3 aromatic rings. The van der Waals surface area contributed by atoms with Crippen LogP contribution in [0.15, 0.2) is 52.7 Å². The van der Waals surface area contributed by atoms with Gasteiger partial charge in [-0.15, -0.1) is 11.3 Å². The van der Waals surface area contributed by atoms with Crippen molar-refractivity contribution in [2.75, 3.05) is 48.1 Å². The number of likely N-dealkylation sites (tertiary alicyclic amines) is 1. The van der Waals surface area contributed by atoms with Crippen molar-refractivity contribution in [1.82, 2.24) is 9.62 Å². The molecule has 3 heterocycles. The molecular formula is C27H28Cl2FN5O3S2. The van der Waals surface area contributed by atoms with Crippen LogP contribution in [0, 0.1) is 0 Å². The van der Waals surface area contributed by atoms with Crippen LogP contribution < -0.4 is 20.1 Å². The van der Waals surface area contributed by atoms with Crippen molar-refractivity contribution in [3.8, 4) is 0 Å². The molecule has 1 saturated heterocycles. The van der Waals surface area contributed by atoms with Gasteiger partial charge in [0, 0.05) is 24.3 Å². The second-order valence-electron chi connectivity index (χ2n) is 9.59. The van der Waals surface area contributed by atoms with Crippen molar-refractivity contribution in [2.45, 2.75) is 29.9 Å². The minimum absolute atomic E-state index is 0.225. The molecule has 1 aromatic heterocycles. The summed E-state index contributed by atoms with van der Waals surface area (Å²) in [6.07, 6.45) is 4.12. The number of halogens is 3. The SMILES string of the molecule is O=C(Nc1ccc(N2CCc3cc(N(F)CCN4CCCCC4)ccc3C2=O)c(Cl)c1)NS(=O)c1ccc(Cl)s1. The zero-order valence-corrected chi connectivity index (χ0v) is 24.6. The van der Waals surface area contributed by atoms with Crippen molar-refractivity contribution < 1.29 is 18.3 Å². The zero-order chi connectivity index (χ0) is 28.2. The van der Waals surface area contributed by atoms with Crippen LogP contribution in [0.4, 0.5) is 26.3 Å². The lowest BCUT2D eigenvalue weighted by Crippen LogP contribution is -2.38. The molecule has 1 fully saturated rings. The van der Waals surface area contributed by atoms with Gasteiger partial charge in [0.05, 0.1) is 27.3 Å². The van der Waals surface area contributed by atoms with Crippen LogP contribution in [0.1, 0.15) is 35.2 Å². The van der Waals surface area contributed by atoms with Crippen LogP contribution in [0.5, 0.6) is 0 Å². The van der Waals surface area contributed by atoms with Gasteiger partial charge in [-0.25, -0.2) is 14.1 Å². The van der Waals surface area contributed by atoms with Crippen LogP contribution in [0.2, 0.25) is 9.36 Å². The van der Waals surface area contributed by atoms with E-state index < -0.39 is 17.0 Å². The van der Waals surface area contributed by atoms with Crippen LogP contribution >= 0.6 is 34.5 Å². The molecule has 0 saturated carbocycles. The number of urea groups is 1. The quantitative estimate of drug-likeness (QED) is 0.289. The van der Waals surface area contributed by atoms with E-state index in [1.54, 1.807) is 47.4 Å². The number of hydrogen-bond acceptors (Lipinski definition) is 6. The fourth-order valence-corrected chi connectivity index (χ4v) is 7.29. The standard InChI is InChI=1S/C27H28Cl2FN5O3S2/c28-22-17-19(31-27(37)32-40(38)25-9-8-24(29)39-25)4-7-23(22)34-13-10-18-16-20(5-6-21(18)26(34)36)35(30)15-14-33-11-2-1-3-12-33/h4-9,16-17H,1-3,10-15H2,(H2,31,32,37). The van der Waals surface area contributed by atoms with Crippen molar-refractivity contribution in [3.05, 3.63) is 69.0 Å². The van der Waals surface area contributed by atoms with Gasteiger partial charge in [0.25, 0.3) is 5.91 Å². The Labute approximate surface area is 248 Å². The van der Waals surface area contributed by atoms with Crippen molar-refractivity contribution in [2.24, 2.45) is 0 Å². The van der Waals surface area contributed by atoms with E-state index in [2.05, 4.69) is 14.9 Å². The number of hydrogen-bond donors (Lipinski definition) is 2. The first kappa shape index (κ1) is 28.8. The first-order valence-corrected chi connectivity index (χ1v) is 15.7. The summed E-state index contributed by atoms with van der Waals surface area (Å²) in [5.74, 6) is -0.225. The van der Waals surface area contributed by atoms with Gasteiger partial charge in [0.1, 0.15) is 4.21 Å². The number of carbonyl (C=O) groups is 2. The van der Waals surface area contributed by atoms with Gasteiger partial charge in [-0.2, -0.15) is 0 Å². The Morgan fingerprint density at radius 1 is 1.05 bits per heavy atom. The van der Waals surface area contributed by atoms with Crippen LogP contribution in [-0.4, -0.2) is 53.8 Å². The van der Waals surface area contributed by atoms with E-state index in [-0.39, 0.29) is 17.5 Å². The molecule has 40 heavy (non-hydrogen) atoms. The summed E-state index contributed by atoms with van der Waals surface area (Å²) in [5.41, 5.74) is 2.62. The topological polar surface area (TPSA) is 85.0 Å². The Morgan fingerprint density at radius 3 is 2.58 bits per heavy atom. The van der Waals surface area contributed by atoms with Crippen LogP contribution in [0.25, 0.3) is 0 Å².